The highest BCUT2D eigenvalue weighted by molar-refractivity contribution is 7.09. The average Bonchev–Trinajstić information content (AvgIpc) is 2.98. The van der Waals surface area contributed by atoms with Gasteiger partial charge in [0.15, 0.2) is 5.76 Å². The normalized spacial score (nSPS) is 10.3. The summed E-state index contributed by atoms with van der Waals surface area (Å²) in [6.45, 7) is 0.472. The van der Waals surface area contributed by atoms with Gasteiger partial charge in [-0.15, -0.1) is 11.3 Å². The molecule has 2 rings (SSSR count). The lowest BCUT2D eigenvalue weighted by molar-refractivity contribution is 0.0653. The first-order valence-electron chi connectivity index (χ1n) is 5.19. The molecule has 5 nitrogen and oxygen atoms in total. The summed E-state index contributed by atoms with van der Waals surface area (Å²) in [6.07, 6.45) is 0. The number of aromatic carboxylic acids is 1. The molecule has 0 saturated carbocycles. The van der Waals surface area contributed by atoms with Crippen LogP contribution in [0.4, 0.5) is 0 Å². The maximum absolute atomic E-state index is 12.0. The van der Waals surface area contributed by atoms with E-state index in [1.165, 1.54) is 17.0 Å². The molecule has 0 atom stereocenters. The van der Waals surface area contributed by atoms with Gasteiger partial charge in [0.2, 0.25) is 5.76 Å². The fourth-order valence-corrected chi connectivity index (χ4v) is 2.22. The predicted molar refractivity (Wildman–Crippen MR) is 65.8 cm³/mol. The number of rotatable bonds is 4. The topological polar surface area (TPSA) is 70.8 Å². The average molecular weight is 265 g/mol. The standard InChI is InChI=1S/C12H11NO4S/c1-13(7-8-3-2-6-18-8)11(14)9-4-5-10(17-9)12(15)16/h2-6H,7H2,1H3,(H,15,16). The maximum Gasteiger partial charge on any atom is 0.371 e. The van der Waals surface area contributed by atoms with Crippen molar-refractivity contribution in [3.8, 4) is 0 Å². The molecule has 0 unspecified atom stereocenters. The Morgan fingerprint density at radius 2 is 2.06 bits per heavy atom. The van der Waals surface area contributed by atoms with Gasteiger partial charge < -0.3 is 14.4 Å². The van der Waals surface area contributed by atoms with Gasteiger partial charge >= 0.3 is 5.97 Å². The largest absolute Gasteiger partial charge is 0.475 e. The smallest absolute Gasteiger partial charge is 0.371 e. The van der Waals surface area contributed by atoms with E-state index in [4.69, 9.17) is 9.52 Å². The van der Waals surface area contributed by atoms with Crippen molar-refractivity contribution in [1.82, 2.24) is 4.90 Å². The molecule has 2 aromatic heterocycles. The fourth-order valence-electron chi connectivity index (χ4n) is 1.46. The van der Waals surface area contributed by atoms with E-state index < -0.39 is 5.97 Å². The summed E-state index contributed by atoms with van der Waals surface area (Å²) in [5, 5.41) is 10.6. The number of nitrogens with zero attached hydrogens (tertiary/aromatic N) is 1. The van der Waals surface area contributed by atoms with Gasteiger partial charge in [-0.2, -0.15) is 0 Å². The molecule has 0 aliphatic carbocycles. The van der Waals surface area contributed by atoms with Gasteiger partial charge in [0.1, 0.15) is 0 Å². The van der Waals surface area contributed by atoms with Crippen molar-refractivity contribution in [3.63, 3.8) is 0 Å². The zero-order chi connectivity index (χ0) is 13.1. The number of carboxylic acid groups (broad SMARTS) is 1. The first-order valence-corrected chi connectivity index (χ1v) is 6.07. The second kappa shape index (κ2) is 5.05. The Labute approximate surface area is 107 Å². The van der Waals surface area contributed by atoms with Gasteiger partial charge in [0.25, 0.3) is 5.91 Å². The summed E-state index contributed by atoms with van der Waals surface area (Å²) >= 11 is 1.56. The van der Waals surface area contributed by atoms with Crippen LogP contribution in [-0.2, 0) is 6.54 Å². The number of hydrogen-bond donors (Lipinski definition) is 1. The molecular weight excluding hydrogens is 254 g/mol. The van der Waals surface area contributed by atoms with Gasteiger partial charge in [-0.25, -0.2) is 4.79 Å². The Morgan fingerprint density at radius 1 is 1.33 bits per heavy atom. The highest BCUT2D eigenvalue weighted by atomic mass is 32.1. The lowest BCUT2D eigenvalue weighted by Gasteiger charge is -2.14. The first kappa shape index (κ1) is 12.4. The number of furan rings is 1. The van der Waals surface area contributed by atoms with Crippen LogP contribution in [0.1, 0.15) is 26.0 Å². The van der Waals surface area contributed by atoms with Gasteiger partial charge in [-0.05, 0) is 23.6 Å². The lowest BCUT2D eigenvalue weighted by atomic mass is 10.3. The molecule has 0 spiro atoms. The van der Waals surface area contributed by atoms with Crippen LogP contribution >= 0.6 is 11.3 Å². The third-order valence-electron chi connectivity index (χ3n) is 2.35. The zero-order valence-corrected chi connectivity index (χ0v) is 10.4. The summed E-state index contributed by atoms with van der Waals surface area (Å²) in [6, 6.07) is 6.48. The molecule has 0 bridgehead atoms. The molecule has 94 valence electrons. The highest BCUT2D eigenvalue weighted by Crippen LogP contribution is 2.14. The number of carbonyl (C=O) groups is 2. The zero-order valence-electron chi connectivity index (χ0n) is 9.62. The molecule has 0 radical (unpaired) electrons. The van der Waals surface area contributed by atoms with E-state index in [9.17, 15) is 9.59 Å². The van der Waals surface area contributed by atoms with Crippen LogP contribution < -0.4 is 0 Å². The molecule has 0 aromatic carbocycles. The van der Waals surface area contributed by atoms with Crippen LogP contribution in [-0.4, -0.2) is 28.9 Å². The third kappa shape index (κ3) is 2.60. The van der Waals surface area contributed by atoms with Crippen LogP contribution in [0.2, 0.25) is 0 Å². The summed E-state index contributed by atoms with van der Waals surface area (Å²) < 4.78 is 4.96. The van der Waals surface area contributed by atoms with E-state index in [2.05, 4.69) is 0 Å². The molecule has 0 aliphatic heterocycles. The lowest BCUT2D eigenvalue weighted by Crippen LogP contribution is -2.25. The number of carboxylic acids is 1. The monoisotopic (exact) mass is 265 g/mol. The molecule has 2 aromatic rings. The number of thiophene rings is 1. The van der Waals surface area contributed by atoms with Crippen LogP contribution in [0, 0.1) is 0 Å². The Bertz CT molecular complexity index is 558. The minimum absolute atomic E-state index is 0.0338. The third-order valence-corrected chi connectivity index (χ3v) is 3.21. The van der Waals surface area contributed by atoms with E-state index >= 15 is 0 Å². The van der Waals surface area contributed by atoms with Gasteiger partial charge in [0.05, 0.1) is 6.54 Å². The highest BCUT2D eigenvalue weighted by Gasteiger charge is 2.18. The van der Waals surface area contributed by atoms with E-state index in [0.29, 0.717) is 6.54 Å². The molecule has 1 amide bonds. The second-order valence-electron chi connectivity index (χ2n) is 3.71. The molecule has 2 heterocycles. The summed E-state index contributed by atoms with van der Waals surface area (Å²) in [5.74, 6) is -1.72. The molecule has 18 heavy (non-hydrogen) atoms. The van der Waals surface area contributed by atoms with E-state index in [1.54, 1.807) is 18.4 Å². The molecule has 0 fully saturated rings. The maximum atomic E-state index is 12.0. The van der Waals surface area contributed by atoms with Crippen LogP contribution in [0.5, 0.6) is 0 Å². The fraction of sp³-hybridized carbons (Fsp3) is 0.167. The summed E-state index contributed by atoms with van der Waals surface area (Å²) in [5.41, 5.74) is 0. The molecular formula is C12H11NO4S. The number of carbonyl (C=O) groups excluding carboxylic acids is 1. The molecule has 1 N–H and O–H groups in total. The summed E-state index contributed by atoms with van der Waals surface area (Å²) in [7, 11) is 1.64. The first-order chi connectivity index (χ1) is 8.58. The Morgan fingerprint density at radius 3 is 2.61 bits per heavy atom. The van der Waals surface area contributed by atoms with E-state index in [-0.39, 0.29) is 17.4 Å². The minimum atomic E-state index is -1.19. The second-order valence-corrected chi connectivity index (χ2v) is 4.74. The quantitative estimate of drug-likeness (QED) is 0.920. The van der Waals surface area contributed by atoms with Crippen molar-refractivity contribution in [2.24, 2.45) is 0 Å². The Kier molecular flexibility index (Phi) is 3.47. The van der Waals surface area contributed by atoms with Crippen molar-refractivity contribution in [1.29, 1.82) is 0 Å². The summed E-state index contributed by atoms with van der Waals surface area (Å²) in [4.78, 5) is 25.1. The molecule has 6 heteroatoms. The SMILES string of the molecule is CN(Cc1cccs1)C(=O)c1ccc(C(=O)O)o1. The minimum Gasteiger partial charge on any atom is -0.475 e. The molecule has 0 aliphatic rings. The van der Waals surface area contributed by atoms with Crippen molar-refractivity contribution in [2.45, 2.75) is 6.54 Å². The Balaban J connectivity index is 2.08. The van der Waals surface area contributed by atoms with Crippen molar-refractivity contribution < 1.29 is 19.1 Å². The van der Waals surface area contributed by atoms with Crippen LogP contribution in [0.3, 0.4) is 0 Å². The van der Waals surface area contributed by atoms with E-state index in [0.717, 1.165) is 4.88 Å². The van der Waals surface area contributed by atoms with E-state index in [1.807, 2.05) is 17.5 Å². The van der Waals surface area contributed by atoms with Crippen molar-refractivity contribution >= 4 is 23.2 Å². The number of amides is 1. The van der Waals surface area contributed by atoms with Crippen molar-refractivity contribution in [3.05, 3.63) is 46.0 Å². The molecule has 0 saturated heterocycles. The van der Waals surface area contributed by atoms with Gasteiger partial charge in [0, 0.05) is 11.9 Å². The number of hydrogen-bond acceptors (Lipinski definition) is 4. The van der Waals surface area contributed by atoms with Gasteiger partial charge in [-0.3, -0.25) is 4.79 Å². The van der Waals surface area contributed by atoms with Crippen LogP contribution in [0.15, 0.2) is 34.1 Å². The van der Waals surface area contributed by atoms with Gasteiger partial charge in [-0.1, -0.05) is 6.07 Å². The Hall–Kier alpha value is -2.08. The predicted octanol–water partition coefficient (Wildman–Crippen LogP) is 2.31. The van der Waals surface area contributed by atoms with Crippen molar-refractivity contribution in [2.75, 3.05) is 7.05 Å². The van der Waals surface area contributed by atoms with Crippen LogP contribution in [0.25, 0.3) is 0 Å².